The minimum atomic E-state index is -0.721. The Hall–Kier alpha value is -3.90. The molecule has 4 rings (SSSR count). The van der Waals surface area contributed by atoms with Crippen LogP contribution in [-0.2, 0) is 0 Å². The summed E-state index contributed by atoms with van der Waals surface area (Å²) in [5.41, 5.74) is 8.94. The van der Waals surface area contributed by atoms with Gasteiger partial charge >= 0.3 is 0 Å². The van der Waals surface area contributed by atoms with Crippen molar-refractivity contribution in [2.45, 2.75) is 67.3 Å². The van der Waals surface area contributed by atoms with Crippen LogP contribution in [0.15, 0.2) is 39.0 Å². The first-order valence-corrected chi connectivity index (χ1v) is 11.9. The first kappa shape index (κ1) is 24.2. The molecule has 178 valence electrons. The summed E-state index contributed by atoms with van der Waals surface area (Å²) in [7, 11) is 0. The number of hydrogen-bond acceptors (Lipinski definition) is 4. The molecule has 35 heavy (non-hydrogen) atoms. The highest BCUT2D eigenvalue weighted by Gasteiger charge is 2.46. The van der Waals surface area contributed by atoms with E-state index in [9.17, 15) is 10.5 Å². The van der Waals surface area contributed by atoms with Gasteiger partial charge in [0.15, 0.2) is 0 Å². The lowest BCUT2D eigenvalue weighted by Gasteiger charge is -2.29. The minimum Gasteiger partial charge on any atom is -0.355 e. The number of hydrogen-bond donors (Lipinski definition) is 2. The summed E-state index contributed by atoms with van der Waals surface area (Å²) >= 11 is 0. The van der Waals surface area contributed by atoms with Crippen molar-refractivity contribution < 1.29 is 0 Å². The molecule has 2 aromatic heterocycles. The topological polar surface area (TPSA) is 104 Å². The zero-order valence-corrected chi connectivity index (χ0v) is 21.8. The molecule has 2 aliphatic heterocycles. The molecule has 6 heteroatoms. The Bertz CT molecular complexity index is 1570. The normalized spacial score (nSPS) is 23.7. The highest BCUT2D eigenvalue weighted by atomic mass is 14.9. The van der Waals surface area contributed by atoms with Gasteiger partial charge in [-0.25, -0.2) is 4.99 Å². The van der Waals surface area contributed by atoms with E-state index >= 15 is 0 Å². The molecule has 0 amide bonds. The Morgan fingerprint density at radius 3 is 2.14 bits per heavy atom. The largest absolute Gasteiger partial charge is 0.355 e. The quantitative estimate of drug-likeness (QED) is 0.694. The van der Waals surface area contributed by atoms with Gasteiger partial charge in [0.05, 0.1) is 17.5 Å². The van der Waals surface area contributed by atoms with E-state index in [-0.39, 0.29) is 5.41 Å². The molecule has 0 saturated carbocycles. The Kier molecular flexibility index (Phi) is 5.81. The monoisotopic (exact) mass is 464 g/mol. The smallest absolute Gasteiger partial charge is 0.149 e. The van der Waals surface area contributed by atoms with Gasteiger partial charge in [-0.3, -0.25) is 4.99 Å². The average molecular weight is 465 g/mol. The van der Waals surface area contributed by atoms with Crippen molar-refractivity contribution in [3.63, 3.8) is 0 Å². The van der Waals surface area contributed by atoms with E-state index in [1.165, 1.54) is 11.1 Å². The maximum atomic E-state index is 9.67. The second-order valence-electron chi connectivity index (χ2n) is 10.5. The van der Waals surface area contributed by atoms with Crippen molar-refractivity contribution in [2.75, 3.05) is 0 Å². The van der Waals surface area contributed by atoms with E-state index in [2.05, 4.69) is 75.8 Å². The van der Waals surface area contributed by atoms with Gasteiger partial charge in [-0.05, 0) is 100 Å². The van der Waals surface area contributed by atoms with Crippen LogP contribution in [0.25, 0.3) is 12.2 Å². The fourth-order valence-corrected chi connectivity index (χ4v) is 4.58. The first-order chi connectivity index (χ1) is 16.4. The third kappa shape index (κ3) is 4.10. The summed E-state index contributed by atoms with van der Waals surface area (Å²) in [4.78, 5) is 16.3. The molecule has 0 fully saturated rings. The third-order valence-electron chi connectivity index (χ3n) is 7.80. The predicted octanol–water partition coefficient (Wildman–Crippen LogP) is 4.58. The Morgan fingerprint density at radius 2 is 1.57 bits per heavy atom. The number of nitriles is 2. The standard InChI is InChI=1S/C29H32N6/c1-16-18(3)26(33-24(16)10-21-9-23(14-30)32-20(21)5)12-27-19(4)17(2)25(34-27)11-22-13-28(6,7)29(8,15-31)35-22/h9-12,32-33H,13H2,1-8H3/b24-10-,25-11+,26-12-/t29-/m1/s1. The van der Waals surface area contributed by atoms with Crippen LogP contribution in [0.4, 0.5) is 0 Å². The van der Waals surface area contributed by atoms with Crippen LogP contribution < -0.4 is 10.7 Å². The highest BCUT2D eigenvalue weighted by Crippen LogP contribution is 2.43. The molecule has 0 bridgehead atoms. The lowest BCUT2D eigenvalue weighted by atomic mass is 9.74. The number of aryl methyl sites for hydroxylation is 1. The number of allylic oxidation sites excluding steroid dienone is 3. The first-order valence-electron chi connectivity index (χ1n) is 11.9. The van der Waals surface area contributed by atoms with Gasteiger partial charge in [0.1, 0.15) is 17.3 Å². The molecule has 2 N–H and O–H groups in total. The summed E-state index contributed by atoms with van der Waals surface area (Å²) in [6.45, 7) is 16.5. The van der Waals surface area contributed by atoms with Gasteiger partial charge in [0, 0.05) is 27.5 Å². The Balaban J connectivity index is 1.75. The van der Waals surface area contributed by atoms with Crippen LogP contribution in [0, 0.1) is 48.8 Å². The van der Waals surface area contributed by atoms with E-state index in [0.717, 1.165) is 56.6 Å². The molecule has 6 nitrogen and oxygen atoms in total. The number of aliphatic imine (C=N–C) groups is 2. The van der Waals surface area contributed by atoms with Crippen LogP contribution in [0.1, 0.15) is 69.1 Å². The van der Waals surface area contributed by atoms with Crippen LogP contribution in [0.2, 0.25) is 0 Å². The zero-order valence-electron chi connectivity index (χ0n) is 21.8. The van der Waals surface area contributed by atoms with Crippen molar-refractivity contribution in [1.82, 2.24) is 9.97 Å². The SMILES string of the molecule is CC1=C(C)/C(=C\C2=N[C@](C)(C#N)C(C)(C)C2)N=C1/C=c1\[nH]/c(=C\c2cc(C#N)[nH]c2C)c(C)c1C. The van der Waals surface area contributed by atoms with Gasteiger partial charge in [-0.15, -0.1) is 0 Å². The zero-order chi connectivity index (χ0) is 25.7. The van der Waals surface area contributed by atoms with Crippen molar-refractivity contribution >= 4 is 23.6 Å². The molecule has 1 atom stereocenters. The van der Waals surface area contributed by atoms with Crippen molar-refractivity contribution in [1.29, 1.82) is 10.5 Å². The molecule has 2 aliphatic rings. The van der Waals surface area contributed by atoms with Crippen LogP contribution >= 0.6 is 0 Å². The number of nitrogens with zero attached hydrogens (tertiary/aromatic N) is 4. The molecule has 4 heterocycles. The predicted molar refractivity (Wildman–Crippen MR) is 142 cm³/mol. The third-order valence-corrected chi connectivity index (χ3v) is 7.80. The van der Waals surface area contributed by atoms with Crippen LogP contribution in [0.3, 0.4) is 0 Å². The average Bonchev–Trinajstić information content (AvgIpc) is 3.45. The molecule has 0 aromatic carbocycles. The van der Waals surface area contributed by atoms with E-state index in [4.69, 9.17) is 9.98 Å². The van der Waals surface area contributed by atoms with Gasteiger partial charge in [-0.2, -0.15) is 10.5 Å². The van der Waals surface area contributed by atoms with Gasteiger partial charge < -0.3 is 9.97 Å². The van der Waals surface area contributed by atoms with Gasteiger partial charge in [0.25, 0.3) is 0 Å². The van der Waals surface area contributed by atoms with E-state index in [0.29, 0.717) is 5.69 Å². The molecule has 0 unspecified atom stereocenters. The molecule has 0 saturated heterocycles. The summed E-state index contributed by atoms with van der Waals surface area (Å²) < 4.78 is 0. The second-order valence-corrected chi connectivity index (χ2v) is 10.5. The van der Waals surface area contributed by atoms with Crippen LogP contribution in [0.5, 0.6) is 0 Å². The molecular weight excluding hydrogens is 432 g/mol. The molecular formula is C29H32N6. The maximum Gasteiger partial charge on any atom is 0.149 e. The lowest BCUT2D eigenvalue weighted by Crippen LogP contribution is -2.34. The fourth-order valence-electron chi connectivity index (χ4n) is 4.58. The molecule has 0 spiro atoms. The van der Waals surface area contributed by atoms with Crippen molar-refractivity contribution in [3.05, 3.63) is 67.8 Å². The van der Waals surface area contributed by atoms with Gasteiger partial charge in [-0.1, -0.05) is 13.8 Å². The molecule has 2 aromatic rings. The Labute approximate surface area is 206 Å². The number of aromatic nitrogens is 2. The lowest BCUT2D eigenvalue weighted by molar-refractivity contribution is 0.276. The van der Waals surface area contributed by atoms with Crippen molar-refractivity contribution in [2.24, 2.45) is 15.4 Å². The number of nitrogens with one attached hydrogen (secondary N) is 2. The Morgan fingerprint density at radius 1 is 0.914 bits per heavy atom. The van der Waals surface area contributed by atoms with E-state index in [1.807, 2.05) is 26.0 Å². The maximum absolute atomic E-state index is 9.67. The highest BCUT2D eigenvalue weighted by molar-refractivity contribution is 6.23. The number of aromatic amines is 2. The summed E-state index contributed by atoms with van der Waals surface area (Å²) in [6.07, 6.45) is 6.97. The minimum absolute atomic E-state index is 0.213. The molecule has 0 aliphatic carbocycles. The van der Waals surface area contributed by atoms with Crippen molar-refractivity contribution in [3.8, 4) is 12.1 Å². The summed E-state index contributed by atoms with van der Waals surface area (Å²) in [6, 6.07) is 6.42. The van der Waals surface area contributed by atoms with E-state index in [1.54, 1.807) is 0 Å². The van der Waals surface area contributed by atoms with Gasteiger partial charge in [0.2, 0.25) is 0 Å². The summed E-state index contributed by atoms with van der Waals surface area (Å²) in [5, 5.41) is 20.9. The molecule has 0 radical (unpaired) electrons. The second kappa shape index (κ2) is 8.40. The number of rotatable bonds is 3. The van der Waals surface area contributed by atoms with Crippen LogP contribution in [-0.4, -0.2) is 26.9 Å². The van der Waals surface area contributed by atoms with E-state index < -0.39 is 5.54 Å². The fraction of sp³-hybridized carbons (Fsp3) is 0.379. The number of H-pyrrole nitrogens is 2. The summed E-state index contributed by atoms with van der Waals surface area (Å²) in [5.74, 6) is 0.